The van der Waals surface area contributed by atoms with E-state index in [1.807, 2.05) is 11.0 Å². The molecule has 0 saturated carbocycles. The second-order valence-electron chi connectivity index (χ2n) is 6.97. The van der Waals surface area contributed by atoms with E-state index in [9.17, 15) is 9.59 Å². The first-order chi connectivity index (χ1) is 12.0. The van der Waals surface area contributed by atoms with Gasteiger partial charge in [0.05, 0.1) is 5.92 Å². The molecule has 0 spiro atoms. The van der Waals surface area contributed by atoms with Gasteiger partial charge in [0.25, 0.3) is 0 Å². The average Bonchev–Trinajstić information content (AvgIpc) is 2.79. The van der Waals surface area contributed by atoms with Crippen molar-refractivity contribution in [2.45, 2.75) is 38.5 Å². The summed E-state index contributed by atoms with van der Waals surface area (Å²) in [5.74, 6) is 0.0341. The molecule has 2 aliphatic rings. The Labute approximate surface area is 159 Å². The van der Waals surface area contributed by atoms with Crippen molar-refractivity contribution < 1.29 is 9.59 Å². The molecule has 1 aromatic carbocycles. The Hall–Kier alpha value is -1.26. The van der Waals surface area contributed by atoms with Crippen LogP contribution in [0, 0.1) is 5.92 Å². The maximum absolute atomic E-state index is 12.7. The van der Waals surface area contributed by atoms with Crippen LogP contribution < -0.4 is 0 Å². The van der Waals surface area contributed by atoms with Gasteiger partial charge in [0.15, 0.2) is 0 Å². The molecule has 25 heavy (non-hydrogen) atoms. The normalized spacial score (nSPS) is 21.5. The second kappa shape index (κ2) is 8.41. The van der Waals surface area contributed by atoms with Crippen molar-refractivity contribution in [1.82, 2.24) is 9.80 Å². The maximum Gasteiger partial charge on any atom is 0.227 e. The highest BCUT2D eigenvalue weighted by atomic mass is 35.5. The lowest BCUT2D eigenvalue weighted by molar-refractivity contribution is -0.135. The van der Waals surface area contributed by atoms with Crippen molar-refractivity contribution in [3.8, 4) is 0 Å². The number of likely N-dealkylation sites (tertiary alicyclic amines) is 2. The van der Waals surface area contributed by atoms with Gasteiger partial charge in [0, 0.05) is 42.6 Å². The van der Waals surface area contributed by atoms with Crippen molar-refractivity contribution in [1.29, 1.82) is 0 Å². The topological polar surface area (TPSA) is 40.6 Å². The van der Waals surface area contributed by atoms with E-state index >= 15 is 0 Å². The third-order valence-electron chi connectivity index (χ3n) is 5.15. The summed E-state index contributed by atoms with van der Waals surface area (Å²) in [5.41, 5.74) is 0.973. The molecule has 2 saturated heterocycles. The smallest absolute Gasteiger partial charge is 0.227 e. The molecule has 0 N–H and O–H groups in total. The summed E-state index contributed by atoms with van der Waals surface area (Å²) in [4.78, 5) is 28.8. The van der Waals surface area contributed by atoms with E-state index in [0.29, 0.717) is 36.0 Å². The van der Waals surface area contributed by atoms with Crippen LogP contribution in [0.25, 0.3) is 0 Å². The highest BCUT2D eigenvalue weighted by Crippen LogP contribution is 2.25. The van der Waals surface area contributed by atoms with Crippen molar-refractivity contribution >= 4 is 35.0 Å². The summed E-state index contributed by atoms with van der Waals surface area (Å²) < 4.78 is 0. The van der Waals surface area contributed by atoms with Crippen molar-refractivity contribution in [3.05, 3.63) is 33.8 Å². The number of rotatable bonds is 4. The van der Waals surface area contributed by atoms with E-state index < -0.39 is 0 Å². The molecule has 6 heteroatoms. The molecule has 0 aliphatic carbocycles. The fourth-order valence-corrected chi connectivity index (χ4v) is 4.19. The molecule has 1 aromatic rings. The van der Waals surface area contributed by atoms with Crippen LogP contribution in [0.4, 0.5) is 0 Å². The van der Waals surface area contributed by atoms with Crippen LogP contribution in [0.2, 0.25) is 10.0 Å². The average molecular weight is 383 g/mol. The van der Waals surface area contributed by atoms with Crippen LogP contribution in [0.1, 0.15) is 37.7 Å². The molecule has 4 nitrogen and oxygen atoms in total. The van der Waals surface area contributed by atoms with E-state index in [1.165, 1.54) is 12.8 Å². The number of nitrogens with zero attached hydrogens (tertiary/aromatic N) is 2. The Morgan fingerprint density at radius 3 is 2.52 bits per heavy atom. The van der Waals surface area contributed by atoms with Gasteiger partial charge in [-0.2, -0.15) is 0 Å². The predicted octanol–water partition coefficient (Wildman–Crippen LogP) is 3.79. The Morgan fingerprint density at radius 2 is 1.84 bits per heavy atom. The van der Waals surface area contributed by atoms with Crippen molar-refractivity contribution in [3.63, 3.8) is 0 Å². The molecular formula is C19H24Cl2N2O2. The molecule has 3 rings (SSSR count). The summed E-state index contributed by atoms with van der Waals surface area (Å²) in [7, 11) is 0. The Bertz CT molecular complexity index is 642. The first-order valence-electron chi connectivity index (χ1n) is 9.05. The third-order valence-corrected chi connectivity index (χ3v) is 5.73. The number of carbonyl (C=O) groups excluding carboxylic acids is 2. The molecule has 2 amide bonds. The van der Waals surface area contributed by atoms with E-state index in [2.05, 4.69) is 0 Å². The minimum atomic E-state index is -0.189. The standard InChI is InChI=1S/C19H24Cl2N2O2/c20-16-6-5-14(17(21)12-16)7-10-23-13-15(11-18(23)24)19(25)22-8-3-1-2-4-9-22/h5-6,12,15H,1-4,7-11,13H2. The molecule has 2 fully saturated rings. The lowest BCUT2D eigenvalue weighted by Crippen LogP contribution is -2.38. The van der Waals surface area contributed by atoms with Crippen LogP contribution in [0.15, 0.2) is 18.2 Å². The molecule has 2 heterocycles. The minimum Gasteiger partial charge on any atom is -0.342 e. The summed E-state index contributed by atoms with van der Waals surface area (Å²) in [6, 6.07) is 5.42. The zero-order chi connectivity index (χ0) is 17.8. The fourth-order valence-electron chi connectivity index (χ4n) is 3.68. The molecule has 136 valence electrons. The molecule has 1 atom stereocenters. The molecular weight excluding hydrogens is 359 g/mol. The number of hydrogen-bond donors (Lipinski definition) is 0. The summed E-state index contributed by atoms with van der Waals surface area (Å²) in [6.07, 6.45) is 5.55. The molecule has 1 unspecified atom stereocenters. The van der Waals surface area contributed by atoms with Gasteiger partial charge in [-0.15, -0.1) is 0 Å². The fraction of sp³-hybridized carbons (Fsp3) is 0.579. The second-order valence-corrected chi connectivity index (χ2v) is 7.81. The van der Waals surface area contributed by atoms with E-state index in [0.717, 1.165) is 31.5 Å². The summed E-state index contributed by atoms with van der Waals surface area (Å²) in [5, 5.41) is 1.23. The Morgan fingerprint density at radius 1 is 1.12 bits per heavy atom. The maximum atomic E-state index is 12.7. The van der Waals surface area contributed by atoms with Crippen LogP contribution in [-0.4, -0.2) is 47.8 Å². The lowest BCUT2D eigenvalue weighted by Gasteiger charge is -2.24. The predicted molar refractivity (Wildman–Crippen MR) is 99.9 cm³/mol. The quantitative estimate of drug-likeness (QED) is 0.794. The minimum absolute atomic E-state index is 0.0678. The van der Waals surface area contributed by atoms with Crippen LogP contribution in [0.3, 0.4) is 0 Å². The highest BCUT2D eigenvalue weighted by Gasteiger charge is 2.36. The monoisotopic (exact) mass is 382 g/mol. The van der Waals surface area contributed by atoms with Crippen LogP contribution in [0.5, 0.6) is 0 Å². The number of carbonyl (C=O) groups is 2. The van der Waals surface area contributed by atoms with Crippen LogP contribution >= 0.6 is 23.2 Å². The van der Waals surface area contributed by atoms with Gasteiger partial charge in [-0.05, 0) is 37.0 Å². The number of hydrogen-bond acceptors (Lipinski definition) is 2. The Kier molecular flexibility index (Phi) is 6.24. The number of benzene rings is 1. The van der Waals surface area contributed by atoms with E-state index in [4.69, 9.17) is 23.2 Å². The van der Waals surface area contributed by atoms with Gasteiger partial charge < -0.3 is 9.80 Å². The highest BCUT2D eigenvalue weighted by molar-refractivity contribution is 6.35. The number of amides is 2. The van der Waals surface area contributed by atoms with Gasteiger partial charge in [-0.3, -0.25) is 9.59 Å². The first kappa shape index (κ1) is 18.5. The van der Waals surface area contributed by atoms with Gasteiger partial charge in [-0.25, -0.2) is 0 Å². The lowest BCUT2D eigenvalue weighted by atomic mass is 10.1. The third kappa shape index (κ3) is 4.68. The SMILES string of the molecule is O=C1CC(C(=O)N2CCCCCC2)CN1CCc1ccc(Cl)cc1Cl. The molecule has 0 bridgehead atoms. The molecule has 0 aromatic heterocycles. The zero-order valence-corrected chi connectivity index (χ0v) is 15.9. The number of halogens is 2. The first-order valence-corrected chi connectivity index (χ1v) is 9.80. The largest absolute Gasteiger partial charge is 0.342 e. The van der Waals surface area contributed by atoms with Gasteiger partial charge in [0.1, 0.15) is 0 Å². The van der Waals surface area contributed by atoms with Crippen LogP contribution in [-0.2, 0) is 16.0 Å². The van der Waals surface area contributed by atoms with E-state index in [-0.39, 0.29) is 17.7 Å². The van der Waals surface area contributed by atoms with Gasteiger partial charge in [-0.1, -0.05) is 42.1 Å². The molecule has 0 radical (unpaired) electrons. The summed E-state index contributed by atoms with van der Waals surface area (Å²) in [6.45, 7) is 2.79. The molecule has 2 aliphatic heterocycles. The van der Waals surface area contributed by atoms with E-state index in [1.54, 1.807) is 17.0 Å². The van der Waals surface area contributed by atoms with Crippen molar-refractivity contribution in [2.75, 3.05) is 26.2 Å². The van der Waals surface area contributed by atoms with Gasteiger partial charge >= 0.3 is 0 Å². The summed E-state index contributed by atoms with van der Waals surface area (Å²) >= 11 is 12.1. The van der Waals surface area contributed by atoms with Crippen molar-refractivity contribution in [2.24, 2.45) is 5.92 Å². The Balaban J connectivity index is 1.55. The zero-order valence-electron chi connectivity index (χ0n) is 14.3. The van der Waals surface area contributed by atoms with Gasteiger partial charge in [0.2, 0.25) is 11.8 Å².